The SMILES string of the molecule is CC(C)(C)c1cc(N2CCC(=O)NC2=O)cc(C(=O)Nc2ccc(NS(=O)(=O)Cc3ccccc3)cc2)c1O. The Labute approximate surface area is 227 Å². The standard InChI is InChI=1S/C28H30N4O6S/c1-28(2,3)23-16-21(32-14-13-24(33)30-27(32)36)15-22(25(23)34)26(35)29-19-9-11-20(12-10-19)31-39(37,38)17-18-7-5-4-6-8-18/h4-12,15-16,31,34H,13-14,17H2,1-3H3,(H,29,35)(H,30,33,36). The number of aromatic hydroxyl groups is 1. The molecule has 4 amide bonds. The Morgan fingerprint density at radius 2 is 1.64 bits per heavy atom. The zero-order valence-corrected chi connectivity index (χ0v) is 22.6. The quantitative estimate of drug-likeness (QED) is 0.345. The number of nitrogens with zero attached hydrogens (tertiary/aromatic N) is 1. The maximum atomic E-state index is 13.2. The summed E-state index contributed by atoms with van der Waals surface area (Å²) in [5.41, 5.74) is 1.57. The van der Waals surface area contributed by atoms with Gasteiger partial charge in [-0.1, -0.05) is 51.1 Å². The van der Waals surface area contributed by atoms with Gasteiger partial charge in [-0.25, -0.2) is 13.2 Å². The number of carbonyl (C=O) groups excluding carboxylic acids is 3. The van der Waals surface area contributed by atoms with E-state index < -0.39 is 27.4 Å². The third-order valence-corrected chi connectivity index (χ3v) is 7.39. The predicted molar refractivity (Wildman–Crippen MR) is 149 cm³/mol. The third kappa shape index (κ3) is 6.74. The van der Waals surface area contributed by atoms with Gasteiger partial charge in [0.05, 0.1) is 11.3 Å². The molecule has 0 radical (unpaired) electrons. The lowest BCUT2D eigenvalue weighted by molar-refractivity contribution is -0.120. The molecular formula is C28H30N4O6S. The molecule has 1 saturated heterocycles. The number of carbonyl (C=O) groups is 3. The van der Waals surface area contributed by atoms with Crippen molar-refractivity contribution in [3.63, 3.8) is 0 Å². The molecular weight excluding hydrogens is 520 g/mol. The van der Waals surface area contributed by atoms with Crippen LogP contribution in [0.4, 0.5) is 21.9 Å². The Morgan fingerprint density at radius 1 is 1.00 bits per heavy atom. The van der Waals surface area contributed by atoms with Crippen molar-refractivity contribution in [1.29, 1.82) is 0 Å². The number of urea groups is 1. The van der Waals surface area contributed by atoms with Crippen LogP contribution in [0.3, 0.4) is 0 Å². The average molecular weight is 551 g/mol. The van der Waals surface area contributed by atoms with Crippen molar-refractivity contribution in [1.82, 2.24) is 5.32 Å². The topological polar surface area (TPSA) is 145 Å². The first kappa shape index (κ1) is 27.6. The van der Waals surface area contributed by atoms with Gasteiger partial charge in [0.25, 0.3) is 5.91 Å². The van der Waals surface area contributed by atoms with Crippen molar-refractivity contribution in [2.75, 3.05) is 21.5 Å². The molecule has 0 saturated carbocycles. The highest BCUT2D eigenvalue weighted by Gasteiger charge is 2.29. The number of hydrogen-bond donors (Lipinski definition) is 4. The molecule has 4 rings (SSSR count). The molecule has 3 aromatic carbocycles. The number of anilines is 3. The van der Waals surface area contributed by atoms with Gasteiger partial charge >= 0.3 is 6.03 Å². The number of imide groups is 1. The second-order valence-corrected chi connectivity index (χ2v) is 12.0. The maximum absolute atomic E-state index is 13.2. The first-order valence-electron chi connectivity index (χ1n) is 12.3. The molecule has 1 fully saturated rings. The molecule has 11 heteroatoms. The molecule has 0 aliphatic carbocycles. The van der Waals surface area contributed by atoms with E-state index in [1.807, 2.05) is 26.8 Å². The Morgan fingerprint density at radius 3 is 2.26 bits per heavy atom. The van der Waals surface area contributed by atoms with E-state index in [2.05, 4.69) is 15.4 Å². The molecule has 1 heterocycles. The molecule has 10 nitrogen and oxygen atoms in total. The molecule has 4 N–H and O–H groups in total. The lowest BCUT2D eigenvalue weighted by Gasteiger charge is -2.29. The number of phenolic OH excluding ortho intramolecular Hbond substituents is 1. The van der Waals surface area contributed by atoms with Crippen LogP contribution in [0, 0.1) is 0 Å². The highest BCUT2D eigenvalue weighted by molar-refractivity contribution is 7.91. The van der Waals surface area contributed by atoms with Crippen molar-refractivity contribution in [2.24, 2.45) is 0 Å². The summed E-state index contributed by atoms with van der Waals surface area (Å²) in [6.45, 7) is 5.74. The summed E-state index contributed by atoms with van der Waals surface area (Å²) in [4.78, 5) is 38.6. The van der Waals surface area contributed by atoms with Crippen molar-refractivity contribution in [3.8, 4) is 5.75 Å². The second-order valence-electron chi connectivity index (χ2n) is 10.3. The normalized spacial score (nSPS) is 14.1. The number of sulfonamides is 1. The highest BCUT2D eigenvalue weighted by Crippen LogP contribution is 2.38. The number of rotatable bonds is 7. The molecule has 0 aromatic heterocycles. The van der Waals surface area contributed by atoms with E-state index in [-0.39, 0.29) is 35.9 Å². The molecule has 204 valence electrons. The van der Waals surface area contributed by atoms with E-state index in [0.717, 1.165) is 0 Å². The number of benzene rings is 3. The molecule has 1 aliphatic heterocycles. The Kier molecular flexibility index (Phi) is 7.64. The van der Waals surface area contributed by atoms with E-state index in [1.165, 1.54) is 35.2 Å². The van der Waals surface area contributed by atoms with Gasteiger partial charge in [0.1, 0.15) is 5.75 Å². The van der Waals surface area contributed by atoms with Gasteiger partial charge in [-0.2, -0.15) is 0 Å². The molecule has 0 atom stereocenters. The van der Waals surface area contributed by atoms with E-state index in [9.17, 15) is 27.9 Å². The van der Waals surface area contributed by atoms with Gasteiger partial charge in [-0.3, -0.25) is 24.5 Å². The van der Waals surface area contributed by atoms with Gasteiger partial charge in [-0.15, -0.1) is 0 Å². The van der Waals surface area contributed by atoms with E-state index in [4.69, 9.17) is 0 Å². The minimum absolute atomic E-state index is 0.0465. The first-order valence-corrected chi connectivity index (χ1v) is 13.9. The third-order valence-electron chi connectivity index (χ3n) is 6.13. The fraction of sp³-hybridized carbons (Fsp3) is 0.250. The molecule has 0 spiro atoms. The van der Waals surface area contributed by atoms with Crippen LogP contribution in [0.15, 0.2) is 66.7 Å². The molecule has 0 bridgehead atoms. The van der Waals surface area contributed by atoms with Gasteiger partial charge in [0, 0.05) is 35.6 Å². The van der Waals surface area contributed by atoms with Crippen LogP contribution >= 0.6 is 0 Å². The van der Waals surface area contributed by atoms with Crippen LogP contribution < -0.4 is 20.3 Å². The second kappa shape index (κ2) is 10.8. The summed E-state index contributed by atoms with van der Waals surface area (Å²) in [5, 5.41) is 16.0. The van der Waals surface area contributed by atoms with Crippen molar-refractivity contribution in [2.45, 2.75) is 38.4 Å². The van der Waals surface area contributed by atoms with E-state index in [1.54, 1.807) is 30.3 Å². The Hall–Kier alpha value is -4.38. The van der Waals surface area contributed by atoms with E-state index in [0.29, 0.717) is 28.2 Å². The van der Waals surface area contributed by atoms with Crippen LogP contribution in [0.1, 0.15) is 48.7 Å². The number of nitrogens with one attached hydrogen (secondary N) is 3. The van der Waals surface area contributed by atoms with Crippen LogP contribution in [0.25, 0.3) is 0 Å². The smallest absolute Gasteiger partial charge is 0.328 e. The van der Waals surface area contributed by atoms with E-state index >= 15 is 0 Å². The zero-order chi connectivity index (χ0) is 28.4. The van der Waals surface area contributed by atoms with Gasteiger partial charge in [0.15, 0.2) is 0 Å². The Balaban J connectivity index is 1.54. The summed E-state index contributed by atoms with van der Waals surface area (Å²) < 4.78 is 27.5. The van der Waals surface area contributed by atoms with Crippen LogP contribution in [-0.4, -0.2) is 37.9 Å². The summed E-state index contributed by atoms with van der Waals surface area (Å²) >= 11 is 0. The first-order chi connectivity index (χ1) is 18.3. The van der Waals surface area contributed by atoms with Gasteiger partial charge < -0.3 is 10.4 Å². The highest BCUT2D eigenvalue weighted by atomic mass is 32.2. The fourth-order valence-electron chi connectivity index (χ4n) is 4.16. The van der Waals surface area contributed by atoms with Crippen molar-refractivity contribution in [3.05, 3.63) is 83.4 Å². The molecule has 1 aliphatic rings. The average Bonchev–Trinajstić information content (AvgIpc) is 2.85. The maximum Gasteiger partial charge on any atom is 0.328 e. The van der Waals surface area contributed by atoms with Crippen LogP contribution in [-0.2, 0) is 26.0 Å². The molecule has 0 unspecified atom stereocenters. The summed E-state index contributed by atoms with van der Waals surface area (Å²) in [6.07, 6.45) is 0.112. The summed E-state index contributed by atoms with van der Waals surface area (Å²) in [5.74, 6) is -1.40. The monoisotopic (exact) mass is 550 g/mol. The summed E-state index contributed by atoms with van der Waals surface area (Å²) in [6, 6.07) is 17.3. The summed E-state index contributed by atoms with van der Waals surface area (Å²) in [7, 11) is -3.64. The van der Waals surface area contributed by atoms with Crippen molar-refractivity contribution >= 4 is 44.9 Å². The number of amides is 4. The number of phenols is 1. The van der Waals surface area contributed by atoms with Gasteiger partial charge in [-0.05, 0) is 47.4 Å². The largest absolute Gasteiger partial charge is 0.507 e. The minimum atomic E-state index is -3.64. The molecule has 3 aromatic rings. The fourth-order valence-corrected chi connectivity index (χ4v) is 5.36. The van der Waals surface area contributed by atoms with Crippen molar-refractivity contribution < 1.29 is 27.9 Å². The van der Waals surface area contributed by atoms with Crippen LogP contribution in [0.2, 0.25) is 0 Å². The molecule has 39 heavy (non-hydrogen) atoms. The number of hydrogen-bond acceptors (Lipinski definition) is 6. The zero-order valence-electron chi connectivity index (χ0n) is 21.8. The van der Waals surface area contributed by atoms with Crippen LogP contribution in [0.5, 0.6) is 5.75 Å². The lowest BCUT2D eigenvalue weighted by Crippen LogP contribution is -2.49. The lowest BCUT2D eigenvalue weighted by atomic mass is 9.84. The minimum Gasteiger partial charge on any atom is -0.507 e. The predicted octanol–water partition coefficient (Wildman–Crippen LogP) is 4.33. The van der Waals surface area contributed by atoms with Gasteiger partial charge in [0.2, 0.25) is 15.9 Å². The Bertz CT molecular complexity index is 1510.